The number of ether oxygens (including phenoxy) is 1. The number of hydrogen-bond donors (Lipinski definition) is 2. The van der Waals surface area contributed by atoms with E-state index in [0.717, 1.165) is 41.6 Å². The molecule has 2 aromatic heterocycles. The van der Waals surface area contributed by atoms with Crippen LogP contribution < -0.4 is 10.6 Å². The molecular formula is C30H22N4O3S2. The SMILES string of the molecule is O=C(COCC(=O)Nc1cccc(-c2nc3ccccc3s2)c1)Nc1cccc(-c2nc3ccccc3s2)c1. The quantitative estimate of drug-likeness (QED) is 0.217. The number of nitrogens with zero attached hydrogens (tertiary/aromatic N) is 2. The van der Waals surface area contributed by atoms with Crippen molar-refractivity contribution in [2.45, 2.75) is 0 Å². The summed E-state index contributed by atoms with van der Waals surface area (Å²) in [6, 6.07) is 31.0. The molecule has 0 fully saturated rings. The van der Waals surface area contributed by atoms with Gasteiger partial charge in [-0.1, -0.05) is 48.5 Å². The predicted octanol–water partition coefficient (Wildman–Crippen LogP) is 6.83. The van der Waals surface area contributed by atoms with Crippen LogP contribution in [0.25, 0.3) is 41.6 Å². The van der Waals surface area contributed by atoms with Crippen LogP contribution in [-0.2, 0) is 14.3 Å². The maximum Gasteiger partial charge on any atom is 0.250 e. The van der Waals surface area contributed by atoms with E-state index in [2.05, 4.69) is 20.6 Å². The number of amides is 2. The van der Waals surface area contributed by atoms with Crippen molar-refractivity contribution in [2.24, 2.45) is 0 Å². The van der Waals surface area contributed by atoms with Crippen LogP contribution in [0.5, 0.6) is 0 Å². The van der Waals surface area contributed by atoms with E-state index in [1.165, 1.54) is 0 Å². The van der Waals surface area contributed by atoms with Gasteiger partial charge in [-0.3, -0.25) is 9.59 Å². The number of rotatable bonds is 8. The fourth-order valence-electron chi connectivity index (χ4n) is 4.08. The van der Waals surface area contributed by atoms with E-state index in [0.29, 0.717) is 11.4 Å². The minimum Gasteiger partial charge on any atom is -0.362 e. The van der Waals surface area contributed by atoms with Crippen LogP contribution in [0.2, 0.25) is 0 Å². The van der Waals surface area contributed by atoms with E-state index in [4.69, 9.17) is 4.74 Å². The Kier molecular flexibility index (Phi) is 7.09. The van der Waals surface area contributed by atoms with Gasteiger partial charge in [-0.2, -0.15) is 0 Å². The van der Waals surface area contributed by atoms with Crippen molar-refractivity contribution in [1.82, 2.24) is 9.97 Å². The van der Waals surface area contributed by atoms with Gasteiger partial charge in [0, 0.05) is 22.5 Å². The summed E-state index contributed by atoms with van der Waals surface area (Å²) >= 11 is 3.20. The number of carbonyl (C=O) groups is 2. The third-order valence-corrected chi connectivity index (χ3v) is 8.01. The zero-order valence-corrected chi connectivity index (χ0v) is 22.2. The first kappa shape index (κ1) is 24.9. The standard InChI is InChI=1S/C30H22N4O3S2/c35-27(31-21-9-5-7-19(15-21)29-33-23-11-1-3-13-25(23)38-29)17-37-18-28(36)32-22-10-6-8-20(16-22)30-34-24-12-2-4-14-26(24)39-30/h1-16H,17-18H2,(H,31,35)(H,32,36). The Morgan fingerprint density at radius 3 is 1.54 bits per heavy atom. The van der Waals surface area contributed by atoms with Crippen molar-refractivity contribution in [3.63, 3.8) is 0 Å². The van der Waals surface area contributed by atoms with Crippen molar-refractivity contribution in [1.29, 1.82) is 0 Å². The summed E-state index contributed by atoms with van der Waals surface area (Å²) in [6.07, 6.45) is 0. The number of hydrogen-bond acceptors (Lipinski definition) is 7. The molecule has 0 aliphatic rings. The van der Waals surface area contributed by atoms with Crippen LogP contribution >= 0.6 is 22.7 Å². The van der Waals surface area contributed by atoms with Gasteiger partial charge in [0.1, 0.15) is 23.2 Å². The Morgan fingerprint density at radius 2 is 1.08 bits per heavy atom. The van der Waals surface area contributed by atoms with E-state index in [1.807, 2.05) is 84.9 Å². The van der Waals surface area contributed by atoms with Crippen LogP contribution in [0.3, 0.4) is 0 Å². The Morgan fingerprint density at radius 1 is 0.615 bits per heavy atom. The van der Waals surface area contributed by atoms with Gasteiger partial charge in [0.05, 0.1) is 20.4 Å². The molecule has 9 heteroatoms. The third kappa shape index (κ3) is 5.85. The van der Waals surface area contributed by atoms with Crippen LogP contribution in [0.15, 0.2) is 97.1 Å². The van der Waals surface area contributed by atoms with Crippen molar-refractivity contribution in [2.75, 3.05) is 23.8 Å². The monoisotopic (exact) mass is 550 g/mol. The van der Waals surface area contributed by atoms with Crippen LogP contribution in [0.1, 0.15) is 0 Å². The highest BCUT2D eigenvalue weighted by molar-refractivity contribution is 7.22. The number of aromatic nitrogens is 2. The molecule has 0 spiro atoms. The Labute approximate surface area is 232 Å². The predicted molar refractivity (Wildman–Crippen MR) is 158 cm³/mol. The lowest BCUT2D eigenvalue weighted by atomic mass is 10.2. The fourth-order valence-corrected chi connectivity index (χ4v) is 6.01. The summed E-state index contributed by atoms with van der Waals surface area (Å²) in [5, 5.41) is 7.41. The van der Waals surface area contributed by atoms with Gasteiger partial charge in [-0.05, 0) is 48.5 Å². The third-order valence-electron chi connectivity index (χ3n) is 5.84. The molecule has 0 saturated heterocycles. The average molecular weight is 551 g/mol. The lowest BCUT2D eigenvalue weighted by Gasteiger charge is -2.09. The molecule has 0 atom stereocenters. The molecule has 39 heavy (non-hydrogen) atoms. The average Bonchev–Trinajstić information content (AvgIpc) is 3.58. The molecule has 0 aliphatic heterocycles. The summed E-state index contributed by atoms with van der Waals surface area (Å²) in [4.78, 5) is 34.2. The van der Waals surface area contributed by atoms with E-state index in [-0.39, 0.29) is 25.0 Å². The Hall–Kier alpha value is -4.44. The molecule has 7 nitrogen and oxygen atoms in total. The van der Waals surface area contributed by atoms with Crippen molar-refractivity contribution in [3.05, 3.63) is 97.1 Å². The van der Waals surface area contributed by atoms with Crippen LogP contribution in [-0.4, -0.2) is 35.0 Å². The highest BCUT2D eigenvalue weighted by Gasteiger charge is 2.11. The maximum absolute atomic E-state index is 12.4. The van der Waals surface area contributed by atoms with Gasteiger partial charge in [-0.15, -0.1) is 22.7 Å². The summed E-state index contributed by atoms with van der Waals surface area (Å²) in [6.45, 7) is -0.491. The molecule has 2 amide bonds. The zero-order valence-electron chi connectivity index (χ0n) is 20.6. The van der Waals surface area contributed by atoms with Gasteiger partial charge >= 0.3 is 0 Å². The minimum absolute atomic E-state index is 0.246. The first-order valence-electron chi connectivity index (χ1n) is 12.2. The maximum atomic E-state index is 12.4. The van der Waals surface area contributed by atoms with Gasteiger partial charge < -0.3 is 15.4 Å². The Balaban J connectivity index is 1.01. The topological polar surface area (TPSA) is 93.2 Å². The van der Waals surface area contributed by atoms with E-state index >= 15 is 0 Å². The number of nitrogens with one attached hydrogen (secondary N) is 2. The second-order valence-electron chi connectivity index (χ2n) is 8.72. The molecule has 2 N–H and O–H groups in total. The van der Waals surface area contributed by atoms with Gasteiger partial charge in [0.25, 0.3) is 0 Å². The highest BCUT2D eigenvalue weighted by atomic mass is 32.1. The molecule has 6 aromatic rings. The van der Waals surface area contributed by atoms with Gasteiger partial charge in [0.2, 0.25) is 11.8 Å². The highest BCUT2D eigenvalue weighted by Crippen LogP contribution is 2.32. The first-order chi connectivity index (χ1) is 19.1. The first-order valence-corrected chi connectivity index (χ1v) is 13.8. The van der Waals surface area contributed by atoms with E-state index in [9.17, 15) is 9.59 Å². The summed E-state index contributed by atoms with van der Waals surface area (Å²) < 4.78 is 7.58. The van der Waals surface area contributed by atoms with E-state index < -0.39 is 0 Å². The molecule has 192 valence electrons. The number of para-hydroxylation sites is 2. The number of anilines is 2. The minimum atomic E-state index is -0.345. The largest absolute Gasteiger partial charge is 0.362 e. The van der Waals surface area contributed by atoms with Crippen molar-refractivity contribution < 1.29 is 14.3 Å². The fraction of sp³-hybridized carbons (Fsp3) is 0.0667. The summed E-state index contributed by atoms with van der Waals surface area (Å²) in [7, 11) is 0. The summed E-state index contributed by atoms with van der Waals surface area (Å²) in [5.74, 6) is -0.691. The normalized spacial score (nSPS) is 11.1. The zero-order chi connectivity index (χ0) is 26.6. The number of carbonyl (C=O) groups excluding carboxylic acids is 2. The molecule has 0 unspecified atom stereocenters. The smallest absolute Gasteiger partial charge is 0.250 e. The van der Waals surface area contributed by atoms with Gasteiger partial charge in [0.15, 0.2) is 0 Å². The molecule has 0 bridgehead atoms. The molecule has 0 saturated carbocycles. The molecular weight excluding hydrogens is 528 g/mol. The molecule has 0 aliphatic carbocycles. The number of fused-ring (bicyclic) bond motifs is 2. The molecule has 4 aromatic carbocycles. The summed E-state index contributed by atoms with van der Waals surface area (Å²) in [5.41, 5.74) is 5.00. The van der Waals surface area contributed by atoms with Crippen molar-refractivity contribution in [3.8, 4) is 21.1 Å². The van der Waals surface area contributed by atoms with Gasteiger partial charge in [-0.25, -0.2) is 9.97 Å². The molecule has 0 radical (unpaired) electrons. The lowest BCUT2D eigenvalue weighted by Crippen LogP contribution is -2.24. The Bertz CT molecular complexity index is 1610. The number of thiazole rings is 2. The van der Waals surface area contributed by atoms with Crippen molar-refractivity contribution >= 4 is 66.3 Å². The lowest BCUT2D eigenvalue weighted by molar-refractivity contribution is -0.125. The van der Waals surface area contributed by atoms with Crippen LogP contribution in [0.4, 0.5) is 11.4 Å². The van der Waals surface area contributed by atoms with E-state index in [1.54, 1.807) is 34.8 Å². The molecule has 2 heterocycles. The second-order valence-corrected chi connectivity index (χ2v) is 10.8. The molecule has 6 rings (SSSR count). The second kappa shape index (κ2) is 11.1. The number of benzene rings is 4. The van der Waals surface area contributed by atoms with Crippen LogP contribution in [0, 0.1) is 0 Å².